The van der Waals surface area contributed by atoms with Crippen molar-refractivity contribution in [2.45, 2.75) is 24.4 Å². The lowest BCUT2D eigenvalue weighted by Crippen LogP contribution is -2.51. The molecule has 6 nitrogen and oxygen atoms in total. The van der Waals surface area contributed by atoms with Gasteiger partial charge in [0.1, 0.15) is 11.9 Å². The average molecular weight is 371 g/mol. The highest BCUT2D eigenvalue weighted by molar-refractivity contribution is 5.85. The predicted octanol–water partition coefficient (Wildman–Crippen LogP) is 1.27. The smallest absolute Gasteiger partial charge is 0.250 e. The van der Waals surface area contributed by atoms with Crippen LogP contribution in [-0.2, 0) is 19.7 Å². The van der Waals surface area contributed by atoms with Gasteiger partial charge in [0, 0.05) is 38.3 Å². The Labute approximate surface area is 155 Å². The molecule has 2 saturated heterocycles. The van der Waals surface area contributed by atoms with Gasteiger partial charge in [0.05, 0.1) is 13.7 Å². The third kappa shape index (κ3) is 4.85. The monoisotopic (exact) mass is 370 g/mol. The van der Waals surface area contributed by atoms with Gasteiger partial charge in [-0.25, -0.2) is 0 Å². The number of nitrogens with one attached hydrogen (secondary N) is 2. The van der Waals surface area contributed by atoms with Gasteiger partial charge in [-0.3, -0.25) is 4.79 Å². The van der Waals surface area contributed by atoms with Crippen molar-refractivity contribution in [1.82, 2.24) is 10.6 Å². The maximum atomic E-state index is 12.4. The quantitative estimate of drug-likeness (QED) is 0.817. The lowest BCUT2D eigenvalue weighted by molar-refractivity contribution is -0.134. The summed E-state index contributed by atoms with van der Waals surface area (Å²) < 4.78 is 16.3. The van der Waals surface area contributed by atoms with Gasteiger partial charge in [0.2, 0.25) is 5.91 Å². The number of hydrogen-bond donors (Lipinski definition) is 2. The molecule has 25 heavy (non-hydrogen) atoms. The Bertz CT molecular complexity index is 541. The maximum absolute atomic E-state index is 12.4. The number of amides is 1. The summed E-state index contributed by atoms with van der Waals surface area (Å²) in [6.07, 6.45) is 1.39. The largest absolute Gasteiger partial charge is 0.497 e. The summed E-state index contributed by atoms with van der Waals surface area (Å²) in [6, 6.07) is 8.13. The Hall–Kier alpha value is -1.34. The molecular formula is C18H27ClN2O4. The second-order valence-corrected chi connectivity index (χ2v) is 6.40. The van der Waals surface area contributed by atoms with E-state index in [4.69, 9.17) is 14.2 Å². The normalized spacial score (nSPS) is 22.5. The van der Waals surface area contributed by atoms with E-state index in [1.165, 1.54) is 5.56 Å². The second kappa shape index (κ2) is 9.38. The molecule has 2 aliphatic heterocycles. The average Bonchev–Trinajstić information content (AvgIpc) is 2.67. The van der Waals surface area contributed by atoms with Crippen molar-refractivity contribution < 1.29 is 19.0 Å². The highest BCUT2D eigenvalue weighted by atomic mass is 35.5. The van der Waals surface area contributed by atoms with Crippen LogP contribution in [-0.4, -0.2) is 58.6 Å². The van der Waals surface area contributed by atoms with Crippen molar-refractivity contribution >= 4 is 18.3 Å². The number of halogens is 1. The van der Waals surface area contributed by atoms with Crippen molar-refractivity contribution in [3.05, 3.63) is 29.8 Å². The molecule has 2 aliphatic rings. The zero-order chi connectivity index (χ0) is 16.8. The third-order valence-electron chi connectivity index (χ3n) is 4.97. The Balaban J connectivity index is 0.00000225. The van der Waals surface area contributed by atoms with Crippen molar-refractivity contribution in [2.75, 3.05) is 46.6 Å². The van der Waals surface area contributed by atoms with E-state index in [1.807, 2.05) is 12.1 Å². The van der Waals surface area contributed by atoms with Crippen LogP contribution in [0.5, 0.6) is 5.75 Å². The van der Waals surface area contributed by atoms with Crippen LogP contribution in [0.3, 0.4) is 0 Å². The summed E-state index contributed by atoms with van der Waals surface area (Å²) in [6.45, 7) is 3.98. The van der Waals surface area contributed by atoms with E-state index in [9.17, 15) is 4.79 Å². The van der Waals surface area contributed by atoms with Gasteiger partial charge in [-0.1, -0.05) is 12.1 Å². The lowest BCUT2D eigenvalue weighted by Gasteiger charge is -2.38. The van der Waals surface area contributed by atoms with Crippen LogP contribution in [0.1, 0.15) is 18.4 Å². The molecular weight excluding hydrogens is 344 g/mol. The first-order valence-electron chi connectivity index (χ1n) is 8.56. The standard InChI is InChI=1S/C18H26N2O4.ClH/c1-22-15-4-2-14(3-5-15)18(6-9-23-10-7-18)13-20-17(21)16-12-19-8-11-24-16;/h2-5,16,19H,6-13H2,1H3,(H,20,21);1H. The molecule has 0 aromatic heterocycles. The molecule has 0 bridgehead atoms. The minimum atomic E-state index is -0.397. The Kier molecular flexibility index (Phi) is 7.50. The maximum Gasteiger partial charge on any atom is 0.250 e. The Morgan fingerprint density at radius 2 is 2.00 bits per heavy atom. The number of methoxy groups -OCH3 is 1. The van der Waals surface area contributed by atoms with Gasteiger partial charge in [-0.15, -0.1) is 12.4 Å². The van der Waals surface area contributed by atoms with E-state index in [1.54, 1.807) is 7.11 Å². The fourth-order valence-corrected chi connectivity index (χ4v) is 3.38. The van der Waals surface area contributed by atoms with Crippen molar-refractivity contribution in [3.63, 3.8) is 0 Å². The molecule has 2 fully saturated rings. The third-order valence-corrected chi connectivity index (χ3v) is 4.97. The van der Waals surface area contributed by atoms with Crippen LogP contribution >= 0.6 is 12.4 Å². The van der Waals surface area contributed by atoms with Gasteiger partial charge < -0.3 is 24.8 Å². The zero-order valence-electron chi connectivity index (χ0n) is 14.6. The highest BCUT2D eigenvalue weighted by Gasteiger charge is 2.35. The molecule has 0 spiro atoms. The minimum absolute atomic E-state index is 0. The van der Waals surface area contributed by atoms with E-state index < -0.39 is 6.10 Å². The second-order valence-electron chi connectivity index (χ2n) is 6.40. The number of benzene rings is 1. The summed E-state index contributed by atoms with van der Waals surface area (Å²) in [5.74, 6) is 0.799. The minimum Gasteiger partial charge on any atom is -0.497 e. The fraction of sp³-hybridized carbons (Fsp3) is 0.611. The number of carbonyl (C=O) groups is 1. The SMILES string of the molecule is COc1ccc(C2(CNC(=O)C3CNCCO3)CCOCC2)cc1.Cl. The van der Waals surface area contributed by atoms with E-state index in [2.05, 4.69) is 22.8 Å². The molecule has 0 radical (unpaired) electrons. The summed E-state index contributed by atoms with van der Waals surface area (Å²) >= 11 is 0. The molecule has 2 N–H and O–H groups in total. The number of ether oxygens (including phenoxy) is 3. The van der Waals surface area contributed by atoms with Gasteiger partial charge in [-0.2, -0.15) is 0 Å². The first-order valence-corrected chi connectivity index (χ1v) is 8.56. The number of morpholine rings is 1. The van der Waals surface area contributed by atoms with Crippen LogP contribution in [0.15, 0.2) is 24.3 Å². The first kappa shape index (κ1) is 20.0. The molecule has 7 heteroatoms. The topological polar surface area (TPSA) is 68.8 Å². The number of hydrogen-bond acceptors (Lipinski definition) is 5. The molecule has 1 aromatic rings. The van der Waals surface area contributed by atoms with E-state index in [-0.39, 0.29) is 23.7 Å². The molecule has 1 amide bonds. The Morgan fingerprint density at radius 1 is 1.28 bits per heavy atom. The number of carbonyl (C=O) groups excluding carboxylic acids is 1. The van der Waals surface area contributed by atoms with Gasteiger partial charge in [-0.05, 0) is 30.5 Å². The molecule has 1 unspecified atom stereocenters. The van der Waals surface area contributed by atoms with Crippen LogP contribution in [0.4, 0.5) is 0 Å². The predicted molar refractivity (Wildman–Crippen MR) is 97.6 cm³/mol. The van der Waals surface area contributed by atoms with Crippen molar-refractivity contribution in [1.29, 1.82) is 0 Å². The molecule has 0 aliphatic carbocycles. The van der Waals surface area contributed by atoms with Crippen LogP contribution in [0, 0.1) is 0 Å². The van der Waals surface area contributed by atoms with E-state index >= 15 is 0 Å². The van der Waals surface area contributed by atoms with Crippen molar-refractivity contribution in [2.24, 2.45) is 0 Å². The summed E-state index contributed by atoms with van der Waals surface area (Å²) in [5.41, 5.74) is 1.12. The highest BCUT2D eigenvalue weighted by Crippen LogP contribution is 2.35. The van der Waals surface area contributed by atoms with Gasteiger partial charge >= 0.3 is 0 Å². The van der Waals surface area contributed by atoms with Crippen LogP contribution < -0.4 is 15.4 Å². The summed E-state index contributed by atoms with van der Waals surface area (Å²) in [4.78, 5) is 12.4. The van der Waals surface area contributed by atoms with Crippen LogP contribution in [0.2, 0.25) is 0 Å². The Morgan fingerprint density at radius 3 is 2.60 bits per heavy atom. The molecule has 1 atom stereocenters. The molecule has 2 heterocycles. The van der Waals surface area contributed by atoms with Gasteiger partial charge in [0.15, 0.2) is 0 Å². The van der Waals surface area contributed by atoms with Gasteiger partial charge in [0.25, 0.3) is 0 Å². The molecule has 140 valence electrons. The molecule has 0 saturated carbocycles. The van der Waals surface area contributed by atoms with Crippen molar-refractivity contribution in [3.8, 4) is 5.75 Å². The van der Waals surface area contributed by atoms with E-state index in [0.29, 0.717) is 32.9 Å². The molecule has 1 aromatic carbocycles. The zero-order valence-corrected chi connectivity index (χ0v) is 15.4. The van der Waals surface area contributed by atoms with E-state index in [0.717, 1.165) is 25.1 Å². The first-order chi connectivity index (χ1) is 11.7. The summed E-state index contributed by atoms with van der Waals surface area (Å²) in [5, 5.41) is 6.29. The number of rotatable bonds is 5. The van der Waals surface area contributed by atoms with Crippen LogP contribution in [0.25, 0.3) is 0 Å². The fourth-order valence-electron chi connectivity index (χ4n) is 3.38. The summed E-state index contributed by atoms with van der Waals surface area (Å²) in [7, 11) is 1.66. The lowest BCUT2D eigenvalue weighted by atomic mass is 9.74. The molecule has 3 rings (SSSR count).